The predicted octanol–water partition coefficient (Wildman–Crippen LogP) is 2.77. The summed E-state index contributed by atoms with van der Waals surface area (Å²) >= 11 is 0. The summed E-state index contributed by atoms with van der Waals surface area (Å²) in [7, 11) is 0. The first-order valence-electron chi connectivity index (χ1n) is 7.76. The van der Waals surface area contributed by atoms with Crippen molar-refractivity contribution in [1.82, 2.24) is 5.32 Å². The Hall–Kier alpha value is -3.02. The van der Waals surface area contributed by atoms with Gasteiger partial charge in [-0.1, -0.05) is 18.2 Å². The van der Waals surface area contributed by atoms with Crippen molar-refractivity contribution in [2.75, 3.05) is 17.2 Å². The summed E-state index contributed by atoms with van der Waals surface area (Å²) in [6.45, 7) is 1.90. The van der Waals surface area contributed by atoms with Crippen LogP contribution in [0.15, 0.2) is 48.5 Å². The van der Waals surface area contributed by atoms with Crippen molar-refractivity contribution in [3.8, 4) is 5.75 Å². The molecule has 124 valence electrons. The standard InChI is InChI=1S/C18H19N3O3/c1-12(22)19-14-6-8-15(9-7-14)20-18(23)21-16-10-13-4-2-3-5-17(13)24-11-16/h2-9,16H,10-11H2,1H3,(H,19,22)(H2,20,21,23)/t16-/m1/s1. The van der Waals surface area contributed by atoms with Gasteiger partial charge in [0, 0.05) is 18.3 Å². The highest BCUT2D eigenvalue weighted by atomic mass is 16.5. The lowest BCUT2D eigenvalue weighted by atomic mass is 10.0. The molecule has 2 aromatic carbocycles. The van der Waals surface area contributed by atoms with E-state index in [0.29, 0.717) is 18.0 Å². The zero-order chi connectivity index (χ0) is 16.9. The molecule has 1 aliphatic heterocycles. The van der Waals surface area contributed by atoms with Gasteiger partial charge in [-0.05, 0) is 42.3 Å². The molecule has 2 aromatic rings. The van der Waals surface area contributed by atoms with Crippen molar-refractivity contribution in [3.63, 3.8) is 0 Å². The first kappa shape index (κ1) is 15.9. The Labute approximate surface area is 140 Å². The van der Waals surface area contributed by atoms with Gasteiger partial charge in [0.05, 0.1) is 6.04 Å². The third kappa shape index (κ3) is 4.04. The second kappa shape index (κ2) is 7.04. The van der Waals surface area contributed by atoms with E-state index in [1.54, 1.807) is 24.3 Å². The summed E-state index contributed by atoms with van der Waals surface area (Å²) in [6.07, 6.45) is 0.741. The number of nitrogens with one attached hydrogen (secondary N) is 3. The molecule has 3 N–H and O–H groups in total. The van der Waals surface area contributed by atoms with Crippen LogP contribution in [0.1, 0.15) is 12.5 Å². The number of ether oxygens (including phenoxy) is 1. The van der Waals surface area contributed by atoms with Crippen LogP contribution in [-0.4, -0.2) is 24.6 Å². The minimum absolute atomic E-state index is 0.0708. The number of carbonyl (C=O) groups is 2. The normalized spacial score (nSPS) is 15.6. The molecule has 0 unspecified atom stereocenters. The van der Waals surface area contributed by atoms with Crippen molar-refractivity contribution >= 4 is 23.3 Å². The van der Waals surface area contributed by atoms with Crippen LogP contribution in [0.2, 0.25) is 0 Å². The first-order chi connectivity index (χ1) is 11.6. The van der Waals surface area contributed by atoms with Gasteiger partial charge in [-0.3, -0.25) is 4.79 Å². The van der Waals surface area contributed by atoms with Crippen LogP contribution < -0.4 is 20.7 Å². The van der Waals surface area contributed by atoms with Crippen molar-refractivity contribution in [3.05, 3.63) is 54.1 Å². The first-order valence-corrected chi connectivity index (χ1v) is 7.76. The highest BCUT2D eigenvalue weighted by molar-refractivity contribution is 5.91. The maximum absolute atomic E-state index is 12.1. The molecule has 0 fully saturated rings. The molecule has 0 aliphatic carbocycles. The maximum Gasteiger partial charge on any atom is 0.319 e. The fraction of sp³-hybridized carbons (Fsp3) is 0.222. The second-order valence-corrected chi connectivity index (χ2v) is 5.68. The number of urea groups is 1. The van der Waals surface area contributed by atoms with E-state index in [-0.39, 0.29) is 18.0 Å². The van der Waals surface area contributed by atoms with Crippen LogP contribution in [0.4, 0.5) is 16.2 Å². The van der Waals surface area contributed by atoms with E-state index < -0.39 is 0 Å². The van der Waals surface area contributed by atoms with E-state index in [2.05, 4.69) is 16.0 Å². The van der Waals surface area contributed by atoms with Crippen molar-refractivity contribution in [2.24, 2.45) is 0 Å². The zero-order valence-corrected chi connectivity index (χ0v) is 13.3. The number of benzene rings is 2. The van der Waals surface area contributed by atoms with Crippen molar-refractivity contribution < 1.29 is 14.3 Å². The van der Waals surface area contributed by atoms with E-state index in [9.17, 15) is 9.59 Å². The molecule has 0 aromatic heterocycles. The number of fused-ring (bicyclic) bond motifs is 1. The number of hydrogen-bond acceptors (Lipinski definition) is 3. The molecule has 3 amide bonds. The van der Waals surface area contributed by atoms with Gasteiger partial charge in [0.1, 0.15) is 12.4 Å². The molecule has 1 atom stereocenters. The molecule has 24 heavy (non-hydrogen) atoms. The zero-order valence-electron chi connectivity index (χ0n) is 13.3. The number of rotatable bonds is 3. The molecular weight excluding hydrogens is 306 g/mol. The highest BCUT2D eigenvalue weighted by Crippen LogP contribution is 2.23. The molecule has 0 radical (unpaired) electrons. The minimum atomic E-state index is -0.282. The molecule has 0 saturated carbocycles. The Morgan fingerprint density at radius 2 is 1.67 bits per heavy atom. The van der Waals surface area contributed by atoms with E-state index in [1.807, 2.05) is 24.3 Å². The summed E-state index contributed by atoms with van der Waals surface area (Å²) in [5, 5.41) is 8.36. The smallest absolute Gasteiger partial charge is 0.319 e. The molecule has 1 heterocycles. The predicted molar refractivity (Wildman–Crippen MR) is 92.3 cm³/mol. The molecule has 6 heteroatoms. The summed E-state index contributed by atoms with van der Waals surface area (Å²) in [5.41, 5.74) is 2.43. The van der Waals surface area contributed by atoms with Crippen LogP contribution in [0.5, 0.6) is 5.75 Å². The summed E-state index contributed by atoms with van der Waals surface area (Å²) < 4.78 is 5.66. The number of para-hydroxylation sites is 1. The van der Waals surface area contributed by atoms with E-state index >= 15 is 0 Å². The van der Waals surface area contributed by atoms with E-state index in [4.69, 9.17) is 4.74 Å². The van der Waals surface area contributed by atoms with Gasteiger partial charge in [-0.25, -0.2) is 4.79 Å². The topological polar surface area (TPSA) is 79.5 Å². The molecule has 3 rings (SSSR count). The Bertz CT molecular complexity index is 743. The van der Waals surface area contributed by atoms with Gasteiger partial charge in [-0.15, -0.1) is 0 Å². The average Bonchev–Trinajstić information content (AvgIpc) is 2.56. The molecule has 6 nitrogen and oxygen atoms in total. The number of amides is 3. The Balaban J connectivity index is 1.53. The van der Waals surface area contributed by atoms with Gasteiger partial charge in [0.2, 0.25) is 5.91 Å². The molecule has 0 bridgehead atoms. The summed E-state index contributed by atoms with van der Waals surface area (Å²) in [6, 6.07) is 14.4. The van der Waals surface area contributed by atoms with Crippen LogP contribution in [0.3, 0.4) is 0 Å². The van der Waals surface area contributed by atoms with E-state index in [1.165, 1.54) is 6.92 Å². The molecule has 1 aliphatic rings. The maximum atomic E-state index is 12.1. The summed E-state index contributed by atoms with van der Waals surface area (Å²) in [5.74, 6) is 0.746. The number of carbonyl (C=O) groups excluding carboxylic acids is 2. The molecule has 0 saturated heterocycles. The van der Waals surface area contributed by atoms with Gasteiger partial charge in [-0.2, -0.15) is 0 Å². The Kier molecular flexibility index (Phi) is 4.65. The number of anilines is 2. The summed E-state index contributed by atoms with van der Waals surface area (Å²) in [4.78, 5) is 23.1. The fourth-order valence-corrected chi connectivity index (χ4v) is 2.61. The highest BCUT2D eigenvalue weighted by Gasteiger charge is 2.20. The Morgan fingerprint density at radius 3 is 2.38 bits per heavy atom. The lowest BCUT2D eigenvalue weighted by Crippen LogP contribution is -2.44. The minimum Gasteiger partial charge on any atom is -0.491 e. The fourth-order valence-electron chi connectivity index (χ4n) is 2.61. The third-order valence-corrected chi connectivity index (χ3v) is 3.68. The van der Waals surface area contributed by atoms with Gasteiger partial charge < -0.3 is 20.7 Å². The van der Waals surface area contributed by atoms with Crippen LogP contribution >= 0.6 is 0 Å². The van der Waals surface area contributed by atoms with Gasteiger partial charge in [0.15, 0.2) is 0 Å². The SMILES string of the molecule is CC(=O)Nc1ccc(NC(=O)N[C@H]2COc3ccccc3C2)cc1. The van der Waals surface area contributed by atoms with Crippen LogP contribution in [0.25, 0.3) is 0 Å². The second-order valence-electron chi connectivity index (χ2n) is 5.68. The molecule has 0 spiro atoms. The van der Waals surface area contributed by atoms with E-state index in [0.717, 1.165) is 17.7 Å². The molecular formula is C18H19N3O3. The van der Waals surface area contributed by atoms with Crippen LogP contribution in [-0.2, 0) is 11.2 Å². The quantitative estimate of drug-likeness (QED) is 0.812. The lowest BCUT2D eigenvalue weighted by molar-refractivity contribution is -0.114. The van der Waals surface area contributed by atoms with Crippen molar-refractivity contribution in [2.45, 2.75) is 19.4 Å². The monoisotopic (exact) mass is 325 g/mol. The lowest BCUT2D eigenvalue weighted by Gasteiger charge is -2.26. The van der Waals surface area contributed by atoms with Gasteiger partial charge >= 0.3 is 6.03 Å². The van der Waals surface area contributed by atoms with Crippen LogP contribution in [0, 0.1) is 0 Å². The average molecular weight is 325 g/mol. The Morgan fingerprint density at radius 1 is 1.00 bits per heavy atom. The largest absolute Gasteiger partial charge is 0.491 e. The van der Waals surface area contributed by atoms with Crippen molar-refractivity contribution in [1.29, 1.82) is 0 Å². The van der Waals surface area contributed by atoms with Gasteiger partial charge in [0.25, 0.3) is 0 Å². The third-order valence-electron chi connectivity index (χ3n) is 3.68. The number of hydrogen-bond donors (Lipinski definition) is 3.